The fraction of sp³-hybridized carbons (Fsp3) is 0.278. The largest absolute Gasteiger partial charge is 0.477 e. The first-order valence-corrected chi connectivity index (χ1v) is 7.78. The number of benzene rings is 1. The van der Waals surface area contributed by atoms with E-state index in [-0.39, 0.29) is 23.5 Å². The molecule has 5 nitrogen and oxygen atoms in total. The van der Waals surface area contributed by atoms with E-state index in [1.807, 2.05) is 0 Å². The van der Waals surface area contributed by atoms with Crippen LogP contribution in [0.5, 0.6) is 0 Å². The molecule has 1 aromatic carbocycles. The highest BCUT2D eigenvalue weighted by atomic mass is 19.1. The molecular weight excluding hydrogens is 311 g/mol. The Balaban J connectivity index is 1.59. The maximum atomic E-state index is 13.0. The Morgan fingerprint density at radius 3 is 2.50 bits per heavy atom. The van der Waals surface area contributed by atoms with Crippen LogP contribution in [0, 0.1) is 5.82 Å². The fourth-order valence-electron chi connectivity index (χ4n) is 3.07. The average molecular weight is 328 g/mol. The van der Waals surface area contributed by atoms with Gasteiger partial charge in [0.25, 0.3) is 5.91 Å². The maximum Gasteiger partial charge on any atom is 0.354 e. The van der Waals surface area contributed by atoms with Crippen molar-refractivity contribution in [2.75, 3.05) is 0 Å². The van der Waals surface area contributed by atoms with E-state index in [4.69, 9.17) is 5.11 Å². The van der Waals surface area contributed by atoms with Crippen LogP contribution in [0.1, 0.15) is 51.6 Å². The highest BCUT2D eigenvalue weighted by Gasteiger charge is 2.27. The summed E-state index contributed by atoms with van der Waals surface area (Å²) in [6.45, 7) is 0. The van der Waals surface area contributed by atoms with Crippen LogP contribution in [0.2, 0.25) is 0 Å². The molecule has 124 valence electrons. The summed E-state index contributed by atoms with van der Waals surface area (Å²) < 4.78 is 13.0. The molecule has 0 aliphatic heterocycles. The number of carboxylic acid groups (broad SMARTS) is 1. The number of amides is 1. The number of carboxylic acids is 1. The summed E-state index contributed by atoms with van der Waals surface area (Å²) >= 11 is 0. The maximum absolute atomic E-state index is 13.0. The van der Waals surface area contributed by atoms with Gasteiger partial charge >= 0.3 is 5.97 Å². The van der Waals surface area contributed by atoms with Gasteiger partial charge in [0.05, 0.1) is 5.56 Å². The summed E-state index contributed by atoms with van der Waals surface area (Å²) in [6.07, 6.45) is 3.87. The summed E-state index contributed by atoms with van der Waals surface area (Å²) in [5.74, 6) is -1.33. The van der Waals surface area contributed by atoms with Crippen molar-refractivity contribution in [1.29, 1.82) is 0 Å². The zero-order valence-corrected chi connectivity index (χ0v) is 12.9. The van der Waals surface area contributed by atoms with Gasteiger partial charge in [0, 0.05) is 12.2 Å². The van der Waals surface area contributed by atoms with Gasteiger partial charge in [-0.1, -0.05) is 12.1 Å². The molecular formula is C18H17FN2O3. The molecule has 2 unspecified atom stereocenters. The van der Waals surface area contributed by atoms with Crippen LogP contribution < -0.4 is 5.32 Å². The first-order valence-electron chi connectivity index (χ1n) is 7.78. The van der Waals surface area contributed by atoms with Crippen molar-refractivity contribution in [3.8, 4) is 0 Å². The van der Waals surface area contributed by atoms with Gasteiger partial charge in [0.2, 0.25) is 0 Å². The molecule has 0 spiro atoms. The number of carbonyl (C=O) groups is 2. The molecule has 1 aliphatic carbocycles. The van der Waals surface area contributed by atoms with E-state index >= 15 is 0 Å². The molecule has 3 rings (SSSR count). The predicted molar refractivity (Wildman–Crippen MR) is 85.4 cm³/mol. The topological polar surface area (TPSA) is 79.3 Å². The zero-order chi connectivity index (χ0) is 17.1. The third-order valence-corrected chi connectivity index (χ3v) is 4.35. The van der Waals surface area contributed by atoms with Gasteiger partial charge in [-0.05, 0) is 55.0 Å². The highest BCUT2D eigenvalue weighted by Crippen LogP contribution is 2.34. The van der Waals surface area contributed by atoms with Gasteiger partial charge in [-0.2, -0.15) is 0 Å². The SMILES string of the molecule is O=C(NC1CCC(c2ccc(F)cc2)C1)c1ccc(C(=O)O)nc1. The number of hydrogen-bond acceptors (Lipinski definition) is 3. The molecule has 2 aromatic rings. The third kappa shape index (κ3) is 3.59. The molecule has 1 aromatic heterocycles. The van der Waals surface area contributed by atoms with E-state index < -0.39 is 5.97 Å². The van der Waals surface area contributed by atoms with Crippen molar-refractivity contribution in [2.45, 2.75) is 31.2 Å². The van der Waals surface area contributed by atoms with E-state index in [0.717, 1.165) is 24.8 Å². The number of nitrogens with one attached hydrogen (secondary N) is 1. The van der Waals surface area contributed by atoms with Crippen LogP contribution in [-0.2, 0) is 0 Å². The molecule has 2 atom stereocenters. The Hall–Kier alpha value is -2.76. The molecule has 0 bridgehead atoms. The van der Waals surface area contributed by atoms with Crippen LogP contribution in [0.25, 0.3) is 0 Å². The van der Waals surface area contributed by atoms with E-state index in [0.29, 0.717) is 11.5 Å². The Kier molecular flexibility index (Phi) is 4.55. The number of nitrogens with zero attached hydrogens (tertiary/aromatic N) is 1. The van der Waals surface area contributed by atoms with Crippen LogP contribution >= 0.6 is 0 Å². The van der Waals surface area contributed by atoms with Crippen molar-refractivity contribution in [3.05, 3.63) is 65.2 Å². The highest BCUT2D eigenvalue weighted by molar-refractivity contribution is 5.95. The molecule has 6 heteroatoms. The summed E-state index contributed by atoms with van der Waals surface area (Å²) in [4.78, 5) is 26.7. The lowest BCUT2D eigenvalue weighted by Crippen LogP contribution is -2.33. The monoisotopic (exact) mass is 328 g/mol. The number of aromatic nitrogens is 1. The smallest absolute Gasteiger partial charge is 0.354 e. The minimum atomic E-state index is -1.13. The first-order chi connectivity index (χ1) is 11.5. The Morgan fingerprint density at radius 2 is 1.88 bits per heavy atom. The van der Waals surface area contributed by atoms with Gasteiger partial charge in [-0.15, -0.1) is 0 Å². The number of hydrogen-bond donors (Lipinski definition) is 2. The van der Waals surface area contributed by atoms with E-state index in [1.54, 1.807) is 12.1 Å². The zero-order valence-electron chi connectivity index (χ0n) is 12.9. The van der Waals surface area contributed by atoms with Gasteiger partial charge in [-0.25, -0.2) is 14.2 Å². The molecule has 1 saturated carbocycles. The summed E-state index contributed by atoms with van der Waals surface area (Å²) in [5, 5.41) is 11.8. The number of aromatic carboxylic acids is 1. The van der Waals surface area contributed by atoms with E-state index in [1.165, 1.54) is 30.5 Å². The Morgan fingerprint density at radius 1 is 1.12 bits per heavy atom. The summed E-state index contributed by atoms with van der Waals surface area (Å²) in [5.41, 5.74) is 1.33. The quantitative estimate of drug-likeness (QED) is 0.904. The molecule has 1 amide bonds. The standard InChI is InChI=1S/C18H17FN2O3/c19-14-5-1-11(2-6-14)12-3-7-15(9-12)21-17(22)13-4-8-16(18(23)24)20-10-13/h1-2,4-6,8,10,12,15H,3,7,9H2,(H,21,22)(H,23,24). The lowest BCUT2D eigenvalue weighted by Gasteiger charge is -2.14. The molecule has 0 saturated heterocycles. The van der Waals surface area contributed by atoms with Gasteiger partial charge < -0.3 is 10.4 Å². The molecule has 1 aliphatic rings. The molecule has 1 heterocycles. The Bertz CT molecular complexity index is 744. The van der Waals surface area contributed by atoms with Crippen LogP contribution in [-0.4, -0.2) is 28.0 Å². The molecule has 0 radical (unpaired) electrons. The second-order valence-corrected chi connectivity index (χ2v) is 5.97. The Labute approximate surface area is 138 Å². The minimum Gasteiger partial charge on any atom is -0.477 e. The molecule has 1 fully saturated rings. The normalized spacial score (nSPS) is 19.9. The van der Waals surface area contributed by atoms with Crippen molar-refractivity contribution in [1.82, 2.24) is 10.3 Å². The molecule has 2 N–H and O–H groups in total. The number of halogens is 1. The van der Waals surface area contributed by atoms with Crippen molar-refractivity contribution >= 4 is 11.9 Å². The second kappa shape index (κ2) is 6.78. The lowest BCUT2D eigenvalue weighted by molar-refractivity contribution is 0.0689. The van der Waals surface area contributed by atoms with E-state index in [9.17, 15) is 14.0 Å². The van der Waals surface area contributed by atoms with Crippen LogP contribution in [0.4, 0.5) is 4.39 Å². The van der Waals surface area contributed by atoms with Gasteiger partial charge in [-0.3, -0.25) is 4.79 Å². The lowest BCUT2D eigenvalue weighted by atomic mass is 9.97. The first kappa shape index (κ1) is 16.1. The van der Waals surface area contributed by atoms with Crippen molar-refractivity contribution in [3.63, 3.8) is 0 Å². The predicted octanol–water partition coefficient (Wildman–Crippen LogP) is 2.99. The van der Waals surface area contributed by atoms with Crippen LogP contribution in [0.15, 0.2) is 42.6 Å². The second-order valence-electron chi connectivity index (χ2n) is 5.97. The third-order valence-electron chi connectivity index (χ3n) is 4.35. The summed E-state index contributed by atoms with van der Waals surface area (Å²) in [6, 6.07) is 9.31. The number of carbonyl (C=O) groups excluding carboxylic acids is 1. The average Bonchev–Trinajstić information content (AvgIpc) is 3.04. The van der Waals surface area contributed by atoms with Crippen molar-refractivity contribution < 1.29 is 19.1 Å². The number of rotatable bonds is 4. The van der Waals surface area contributed by atoms with Crippen LogP contribution in [0.3, 0.4) is 0 Å². The van der Waals surface area contributed by atoms with Gasteiger partial charge in [0.15, 0.2) is 0 Å². The van der Waals surface area contributed by atoms with E-state index in [2.05, 4.69) is 10.3 Å². The minimum absolute atomic E-state index is 0.0479. The van der Waals surface area contributed by atoms with Crippen molar-refractivity contribution in [2.24, 2.45) is 0 Å². The summed E-state index contributed by atoms with van der Waals surface area (Å²) in [7, 11) is 0. The molecule has 24 heavy (non-hydrogen) atoms. The fourth-order valence-corrected chi connectivity index (χ4v) is 3.07. The number of pyridine rings is 1. The van der Waals surface area contributed by atoms with Gasteiger partial charge in [0.1, 0.15) is 11.5 Å².